The van der Waals surface area contributed by atoms with Crippen LogP contribution in [0.5, 0.6) is 0 Å². The zero-order valence-corrected chi connectivity index (χ0v) is 22.3. The van der Waals surface area contributed by atoms with Crippen molar-refractivity contribution < 1.29 is 27.1 Å². The second-order valence-corrected chi connectivity index (χ2v) is 11.3. The molecular weight excluding hydrogens is 526 g/mol. The van der Waals surface area contributed by atoms with Crippen molar-refractivity contribution in [1.29, 1.82) is 0 Å². The predicted molar refractivity (Wildman–Crippen MR) is 140 cm³/mol. The monoisotopic (exact) mass is 557 g/mol. The molecule has 40 heavy (non-hydrogen) atoms. The first-order valence-corrected chi connectivity index (χ1v) is 13.4. The number of anilines is 1. The van der Waals surface area contributed by atoms with Gasteiger partial charge in [0.25, 0.3) is 5.91 Å². The van der Waals surface area contributed by atoms with Crippen LogP contribution in [-0.4, -0.2) is 46.6 Å². The molecule has 212 valence electrons. The third kappa shape index (κ3) is 4.49. The van der Waals surface area contributed by atoms with Crippen molar-refractivity contribution in [2.24, 2.45) is 13.0 Å². The maximum Gasteiger partial charge on any atom is 0.416 e. The number of rotatable bonds is 8. The number of fused-ring (bicyclic) bond motifs is 1. The van der Waals surface area contributed by atoms with Gasteiger partial charge in [0.05, 0.1) is 30.3 Å². The highest BCUT2D eigenvalue weighted by Gasteiger charge is 2.50. The Morgan fingerprint density at radius 3 is 2.60 bits per heavy atom. The lowest BCUT2D eigenvalue weighted by Crippen LogP contribution is -2.48. The Labute approximate surface area is 229 Å². The van der Waals surface area contributed by atoms with Gasteiger partial charge in [0.2, 0.25) is 0 Å². The smallest absolute Gasteiger partial charge is 0.381 e. The van der Waals surface area contributed by atoms with Crippen molar-refractivity contribution in [2.75, 3.05) is 18.7 Å². The van der Waals surface area contributed by atoms with Gasteiger partial charge in [-0.05, 0) is 72.6 Å². The van der Waals surface area contributed by atoms with E-state index in [0.717, 1.165) is 17.5 Å². The summed E-state index contributed by atoms with van der Waals surface area (Å²) in [5, 5.41) is 11.6. The Morgan fingerprint density at radius 1 is 1.18 bits per heavy atom. The Hall–Kier alpha value is -3.31. The number of ether oxygens (including phenoxy) is 1. The summed E-state index contributed by atoms with van der Waals surface area (Å²) in [4.78, 5) is 15.0. The lowest BCUT2D eigenvalue weighted by atomic mass is 9.62. The molecule has 1 N–H and O–H groups in total. The minimum atomic E-state index is -4.61. The fraction of sp³-hybridized carbons (Fsp3) is 0.483. The number of hydrogen-bond donors (Lipinski definition) is 1. The van der Waals surface area contributed by atoms with Gasteiger partial charge in [0, 0.05) is 38.0 Å². The van der Waals surface area contributed by atoms with Crippen LogP contribution in [0, 0.1) is 5.92 Å². The number of nitrogens with one attached hydrogen (secondary N) is 1. The molecule has 3 aromatic rings. The molecule has 0 bridgehead atoms. The predicted octanol–water partition coefficient (Wildman–Crippen LogP) is 4.93. The standard InChI is InChI=1S/C29H31F4N5O2/c1-37-16-35-36-27(37)28(11-22(12-28)40-2)19-4-3-5-21(10-19)38-15-24-23(26(38)39)8-18(9-25(24)29(31,32)33)14-34-20-6-17(7-20)13-30/h3-5,8-10,16-17,20,22,34H,6-7,11-15H2,1-2H3. The molecule has 2 aromatic carbocycles. The van der Waals surface area contributed by atoms with E-state index in [2.05, 4.69) is 15.5 Å². The van der Waals surface area contributed by atoms with Gasteiger partial charge in [0.1, 0.15) is 12.2 Å². The molecule has 7 nitrogen and oxygen atoms in total. The number of carbonyl (C=O) groups excluding carboxylic acids is 1. The van der Waals surface area contributed by atoms with Crippen LogP contribution < -0.4 is 10.2 Å². The minimum Gasteiger partial charge on any atom is -0.381 e. The first-order valence-electron chi connectivity index (χ1n) is 13.4. The molecule has 1 aliphatic heterocycles. The van der Waals surface area contributed by atoms with Gasteiger partial charge in [-0.2, -0.15) is 13.2 Å². The summed E-state index contributed by atoms with van der Waals surface area (Å²) in [7, 11) is 3.54. The normalized spacial score (nSPS) is 26.0. The van der Waals surface area contributed by atoms with Crippen molar-refractivity contribution in [3.63, 3.8) is 0 Å². The summed E-state index contributed by atoms with van der Waals surface area (Å²) in [6.45, 7) is -0.365. The highest BCUT2D eigenvalue weighted by atomic mass is 19.4. The molecule has 2 heterocycles. The van der Waals surface area contributed by atoms with Gasteiger partial charge in [-0.3, -0.25) is 9.18 Å². The van der Waals surface area contributed by atoms with Gasteiger partial charge in [-0.1, -0.05) is 12.1 Å². The lowest BCUT2D eigenvalue weighted by Gasteiger charge is -2.46. The summed E-state index contributed by atoms with van der Waals surface area (Å²) >= 11 is 0. The Balaban J connectivity index is 1.30. The van der Waals surface area contributed by atoms with Crippen LogP contribution >= 0.6 is 0 Å². The topological polar surface area (TPSA) is 72.3 Å². The molecule has 2 saturated carbocycles. The summed E-state index contributed by atoms with van der Waals surface area (Å²) in [6.07, 6.45) is -0.247. The van der Waals surface area contributed by atoms with E-state index in [4.69, 9.17) is 4.74 Å². The third-order valence-electron chi connectivity index (χ3n) is 8.79. The van der Waals surface area contributed by atoms with Crippen LogP contribution in [0.1, 0.15) is 64.1 Å². The van der Waals surface area contributed by atoms with Crippen LogP contribution in [0.2, 0.25) is 0 Å². The first-order chi connectivity index (χ1) is 19.1. The number of methoxy groups -OCH3 is 1. The van der Waals surface area contributed by atoms with Crippen LogP contribution in [-0.2, 0) is 36.5 Å². The number of nitrogens with zero attached hydrogens (tertiary/aromatic N) is 4. The molecule has 0 spiro atoms. The number of carbonyl (C=O) groups is 1. The van der Waals surface area contributed by atoms with Crippen LogP contribution in [0.15, 0.2) is 42.7 Å². The largest absolute Gasteiger partial charge is 0.416 e. The van der Waals surface area contributed by atoms with Crippen LogP contribution in [0.4, 0.5) is 23.2 Å². The average molecular weight is 558 g/mol. The number of aryl methyl sites for hydroxylation is 1. The fourth-order valence-electron chi connectivity index (χ4n) is 6.44. The number of alkyl halides is 4. The highest BCUT2D eigenvalue weighted by Crippen LogP contribution is 2.50. The Bertz CT molecular complexity index is 1430. The van der Waals surface area contributed by atoms with Crippen molar-refractivity contribution in [1.82, 2.24) is 20.1 Å². The van der Waals surface area contributed by atoms with E-state index < -0.39 is 23.1 Å². The first kappa shape index (κ1) is 26.9. The maximum absolute atomic E-state index is 14.2. The number of hydrogen-bond acceptors (Lipinski definition) is 5. The minimum absolute atomic E-state index is 0.0149. The van der Waals surface area contributed by atoms with Gasteiger partial charge < -0.3 is 19.5 Å². The number of benzene rings is 2. The molecule has 6 rings (SSSR count). The van der Waals surface area contributed by atoms with Crippen molar-refractivity contribution in [3.05, 3.63) is 76.4 Å². The molecule has 3 aliphatic rings. The number of amides is 1. The average Bonchev–Trinajstić information content (AvgIpc) is 3.45. The van der Waals surface area contributed by atoms with E-state index in [1.165, 1.54) is 4.90 Å². The summed E-state index contributed by atoms with van der Waals surface area (Å²) in [5.74, 6) is 0.328. The molecular formula is C29H31F4N5O2. The molecule has 1 aromatic heterocycles. The van der Waals surface area contributed by atoms with Gasteiger partial charge in [-0.15, -0.1) is 10.2 Å². The van der Waals surface area contributed by atoms with Crippen LogP contribution in [0.3, 0.4) is 0 Å². The Morgan fingerprint density at radius 2 is 1.95 bits per heavy atom. The van der Waals surface area contributed by atoms with Crippen molar-refractivity contribution in [2.45, 2.75) is 62.5 Å². The molecule has 0 saturated heterocycles. The number of halogens is 4. The summed E-state index contributed by atoms with van der Waals surface area (Å²) in [6, 6.07) is 10.2. The van der Waals surface area contributed by atoms with Crippen LogP contribution in [0.25, 0.3) is 0 Å². The SMILES string of the molecule is COC1CC(c2cccc(N3Cc4c(cc(CNC5CC(CF)C5)cc4C(F)(F)F)C3=O)c2)(c2nncn2C)C1. The molecule has 11 heteroatoms. The molecule has 2 aliphatic carbocycles. The van der Waals surface area contributed by atoms with E-state index in [-0.39, 0.29) is 49.0 Å². The molecule has 1 amide bonds. The van der Waals surface area contributed by atoms with E-state index in [1.54, 1.807) is 25.6 Å². The second-order valence-electron chi connectivity index (χ2n) is 11.3. The highest BCUT2D eigenvalue weighted by molar-refractivity contribution is 6.10. The zero-order valence-electron chi connectivity index (χ0n) is 22.3. The molecule has 0 unspecified atom stereocenters. The van der Waals surface area contributed by atoms with Crippen molar-refractivity contribution in [3.8, 4) is 0 Å². The Kier molecular flexibility index (Phi) is 6.69. The zero-order chi connectivity index (χ0) is 28.2. The van der Waals surface area contributed by atoms with Gasteiger partial charge in [0.15, 0.2) is 0 Å². The van der Waals surface area contributed by atoms with Crippen molar-refractivity contribution >= 4 is 11.6 Å². The van der Waals surface area contributed by atoms with Gasteiger partial charge in [-0.25, -0.2) is 0 Å². The van der Waals surface area contributed by atoms with E-state index in [1.807, 2.05) is 29.8 Å². The summed E-state index contributed by atoms with van der Waals surface area (Å²) in [5.41, 5.74) is 0.613. The third-order valence-corrected chi connectivity index (χ3v) is 8.79. The lowest BCUT2D eigenvalue weighted by molar-refractivity contribution is -0.138. The fourth-order valence-corrected chi connectivity index (χ4v) is 6.44. The quantitative estimate of drug-likeness (QED) is 0.398. The van der Waals surface area contributed by atoms with E-state index in [9.17, 15) is 22.4 Å². The number of aromatic nitrogens is 3. The van der Waals surface area contributed by atoms with E-state index in [0.29, 0.717) is 36.9 Å². The molecule has 2 fully saturated rings. The van der Waals surface area contributed by atoms with Gasteiger partial charge >= 0.3 is 6.18 Å². The second kappa shape index (κ2) is 9.95. The molecule has 0 atom stereocenters. The van der Waals surface area contributed by atoms with E-state index >= 15 is 0 Å². The maximum atomic E-state index is 14.2. The summed E-state index contributed by atoms with van der Waals surface area (Å²) < 4.78 is 62.7. The molecule has 0 radical (unpaired) electrons.